The molecule has 0 saturated heterocycles. The van der Waals surface area contributed by atoms with Gasteiger partial charge in [0.05, 0.1) is 10.8 Å². The van der Waals surface area contributed by atoms with Crippen molar-refractivity contribution < 1.29 is 4.21 Å². The predicted molar refractivity (Wildman–Crippen MR) is 71.1 cm³/mol. The third-order valence-corrected chi connectivity index (χ3v) is 4.15. The van der Waals surface area contributed by atoms with E-state index in [0.29, 0.717) is 0 Å². The fraction of sp³-hybridized carbons (Fsp3) is 0.571. The van der Waals surface area contributed by atoms with Gasteiger partial charge in [-0.05, 0) is 30.9 Å². The SMILES string of the molecule is Cc1ccc([S@](=O)[C@@H](C)CC(C)(C)C)cc1. The number of rotatable bonds is 3. The minimum atomic E-state index is -0.883. The van der Waals surface area contributed by atoms with Gasteiger partial charge in [-0.25, -0.2) is 0 Å². The summed E-state index contributed by atoms with van der Waals surface area (Å²) in [5.41, 5.74) is 1.45. The van der Waals surface area contributed by atoms with E-state index in [1.54, 1.807) is 0 Å². The first-order chi connectivity index (χ1) is 7.29. The second kappa shape index (κ2) is 5.13. The van der Waals surface area contributed by atoms with E-state index in [4.69, 9.17) is 0 Å². The zero-order chi connectivity index (χ0) is 12.3. The van der Waals surface area contributed by atoms with Crippen molar-refractivity contribution in [1.82, 2.24) is 0 Å². The summed E-state index contributed by atoms with van der Waals surface area (Å²) in [6, 6.07) is 8.00. The third-order valence-electron chi connectivity index (χ3n) is 2.52. The van der Waals surface area contributed by atoms with Gasteiger partial charge in [0.15, 0.2) is 0 Å². The summed E-state index contributed by atoms with van der Waals surface area (Å²) in [6.07, 6.45) is 0.980. The molecule has 1 aromatic carbocycles. The van der Waals surface area contributed by atoms with Crippen molar-refractivity contribution in [2.75, 3.05) is 0 Å². The maximum absolute atomic E-state index is 12.2. The fourth-order valence-corrected chi connectivity index (χ4v) is 3.36. The monoisotopic (exact) mass is 238 g/mol. The summed E-state index contributed by atoms with van der Waals surface area (Å²) in [6.45, 7) is 10.7. The van der Waals surface area contributed by atoms with Gasteiger partial charge in [-0.2, -0.15) is 0 Å². The van der Waals surface area contributed by atoms with Gasteiger partial charge >= 0.3 is 0 Å². The number of benzene rings is 1. The molecule has 0 heterocycles. The van der Waals surface area contributed by atoms with Crippen molar-refractivity contribution in [2.45, 2.75) is 51.2 Å². The molecule has 1 aromatic rings. The van der Waals surface area contributed by atoms with E-state index in [1.165, 1.54) is 5.56 Å². The largest absolute Gasteiger partial charge is 0.254 e. The van der Waals surface area contributed by atoms with E-state index in [-0.39, 0.29) is 10.7 Å². The highest BCUT2D eigenvalue weighted by molar-refractivity contribution is 7.85. The van der Waals surface area contributed by atoms with Gasteiger partial charge in [0.2, 0.25) is 0 Å². The highest BCUT2D eigenvalue weighted by Gasteiger charge is 2.20. The molecule has 0 aliphatic rings. The predicted octanol–water partition coefficient (Wildman–Crippen LogP) is 3.93. The molecule has 90 valence electrons. The van der Waals surface area contributed by atoms with Gasteiger partial charge in [-0.3, -0.25) is 4.21 Å². The molecule has 2 heteroatoms. The van der Waals surface area contributed by atoms with Crippen LogP contribution < -0.4 is 0 Å². The molecule has 0 saturated carbocycles. The van der Waals surface area contributed by atoms with Crippen LogP contribution in [0.4, 0.5) is 0 Å². The molecule has 0 aromatic heterocycles. The van der Waals surface area contributed by atoms with Gasteiger partial charge in [0, 0.05) is 10.1 Å². The summed E-state index contributed by atoms with van der Waals surface area (Å²) < 4.78 is 12.2. The number of hydrogen-bond donors (Lipinski definition) is 0. The second-order valence-electron chi connectivity index (χ2n) is 5.69. The van der Waals surface area contributed by atoms with E-state index in [0.717, 1.165) is 11.3 Å². The molecule has 0 radical (unpaired) electrons. The quantitative estimate of drug-likeness (QED) is 0.780. The van der Waals surface area contributed by atoms with E-state index in [2.05, 4.69) is 27.7 Å². The van der Waals surface area contributed by atoms with Crippen LogP contribution >= 0.6 is 0 Å². The van der Waals surface area contributed by atoms with Crippen LogP contribution in [0.5, 0.6) is 0 Å². The maximum Gasteiger partial charge on any atom is 0.0558 e. The number of hydrogen-bond acceptors (Lipinski definition) is 1. The Labute approximate surface area is 102 Å². The molecule has 0 N–H and O–H groups in total. The van der Waals surface area contributed by atoms with E-state index in [1.807, 2.05) is 31.2 Å². The van der Waals surface area contributed by atoms with E-state index < -0.39 is 10.8 Å². The molecule has 0 fully saturated rings. The molecule has 0 aliphatic heterocycles. The van der Waals surface area contributed by atoms with Gasteiger partial charge in [-0.15, -0.1) is 0 Å². The smallest absolute Gasteiger partial charge is 0.0558 e. The highest BCUT2D eigenvalue weighted by atomic mass is 32.2. The molecule has 1 rings (SSSR count). The summed E-state index contributed by atoms with van der Waals surface area (Å²) in [5, 5.41) is 0.211. The molecule has 2 atom stereocenters. The summed E-state index contributed by atoms with van der Waals surface area (Å²) >= 11 is 0. The lowest BCUT2D eigenvalue weighted by molar-refractivity contribution is 0.375. The topological polar surface area (TPSA) is 17.1 Å². The summed E-state index contributed by atoms with van der Waals surface area (Å²) in [4.78, 5) is 0.947. The van der Waals surface area contributed by atoms with Crippen LogP contribution in [-0.2, 0) is 10.8 Å². The Morgan fingerprint density at radius 1 is 1.19 bits per heavy atom. The fourth-order valence-electron chi connectivity index (χ4n) is 1.84. The molecular formula is C14H22OS. The molecule has 1 nitrogen and oxygen atoms in total. The Morgan fingerprint density at radius 2 is 1.69 bits per heavy atom. The van der Waals surface area contributed by atoms with Crippen LogP contribution in [0, 0.1) is 12.3 Å². The van der Waals surface area contributed by atoms with E-state index >= 15 is 0 Å². The Hall–Kier alpha value is -0.630. The normalized spacial score (nSPS) is 15.8. The van der Waals surface area contributed by atoms with Gasteiger partial charge in [-0.1, -0.05) is 45.4 Å². The van der Waals surface area contributed by atoms with Gasteiger partial charge in [0.1, 0.15) is 0 Å². The Balaban J connectivity index is 2.74. The van der Waals surface area contributed by atoms with Crippen LogP contribution in [0.3, 0.4) is 0 Å². The third kappa shape index (κ3) is 4.09. The standard InChI is InChI=1S/C14H22OS/c1-11-6-8-13(9-7-11)16(15)12(2)10-14(3,4)5/h6-9,12H,10H2,1-5H3/t12-,16+/m0/s1. The zero-order valence-corrected chi connectivity index (χ0v) is 11.7. The van der Waals surface area contributed by atoms with Crippen molar-refractivity contribution in [3.8, 4) is 0 Å². The maximum atomic E-state index is 12.2. The zero-order valence-electron chi connectivity index (χ0n) is 10.9. The molecule has 0 bridgehead atoms. The average molecular weight is 238 g/mol. The van der Waals surface area contributed by atoms with Crippen molar-refractivity contribution in [3.63, 3.8) is 0 Å². The molecule has 0 unspecified atom stereocenters. The summed E-state index contributed by atoms with van der Waals surface area (Å²) in [7, 11) is -0.883. The summed E-state index contributed by atoms with van der Waals surface area (Å²) in [5.74, 6) is 0. The van der Waals surface area contributed by atoms with Gasteiger partial charge in [0.25, 0.3) is 0 Å². The van der Waals surface area contributed by atoms with Crippen LogP contribution in [0.15, 0.2) is 29.2 Å². The van der Waals surface area contributed by atoms with Crippen LogP contribution in [0.25, 0.3) is 0 Å². The van der Waals surface area contributed by atoms with Crippen molar-refractivity contribution in [3.05, 3.63) is 29.8 Å². The minimum Gasteiger partial charge on any atom is -0.254 e. The molecule has 0 spiro atoms. The lowest BCUT2D eigenvalue weighted by Gasteiger charge is -2.22. The van der Waals surface area contributed by atoms with Crippen molar-refractivity contribution in [1.29, 1.82) is 0 Å². The highest BCUT2D eigenvalue weighted by Crippen LogP contribution is 2.25. The van der Waals surface area contributed by atoms with Gasteiger partial charge < -0.3 is 0 Å². The van der Waals surface area contributed by atoms with Crippen LogP contribution in [0.2, 0.25) is 0 Å². The Kier molecular flexibility index (Phi) is 4.31. The Morgan fingerprint density at radius 3 is 2.12 bits per heavy atom. The average Bonchev–Trinajstić information content (AvgIpc) is 2.15. The Bertz CT molecular complexity index is 359. The first-order valence-electron chi connectivity index (χ1n) is 5.77. The van der Waals surface area contributed by atoms with Crippen LogP contribution in [-0.4, -0.2) is 9.46 Å². The molecule has 16 heavy (non-hydrogen) atoms. The van der Waals surface area contributed by atoms with Crippen molar-refractivity contribution >= 4 is 10.8 Å². The minimum absolute atomic E-state index is 0.211. The van der Waals surface area contributed by atoms with E-state index in [9.17, 15) is 4.21 Å². The molecule has 0 aliphatic carbocycles. The number of aryl methyl sites for hydroxylation is 1. The first kappa shape index (κ1) is 13.4. The lowest BCUT2D eigenvalue weighted by atomic mass is 9.91. The van der Waals surface area contributed by atoms with Crippen LogP contribution in [0.1, 0.15) is 39.7 Å². The first-order valence-corrected chi connectivity index (χ1v) is 6.98. The molecular weight excluding hydrogens is 216 g/mol. The molecule has 0 amide bonds. The van der Waals surface area contributed by atoms with Crippen molar-refractivity contribution in [2.24, 2.45) is 5.41 Å². The second-order valence-corrected chi connectivity index (χ2v) is 7.56. The lowest BCUT2D eigenvalue weighted by Crippen LogP contribution is -2.19.